The van der Waals surface area contributed by atoms with E-state index < -0.39 is 0 Å². The molecule has 0 spiro atoms. The summed E-state index contributed by atoms with van der Waals surface area (Å²) in [4.78, 5) is 17.7. The van der Waals surface area contributed by atoms with Crippen LogP contribution in [0.1, 0.15) is 13.8 Å². The van der Waals surface area contributed by atoms with E-state index in [9.17, 15) is 4.79 Å². The van der Waals surface area contributed by atoms with Crippen LogP contribution in [0.2, 0.25) is 0 Å². The molecule has 1 aromatic rings. The van der Waals surface area contributed by atoms with Gasteiger partial charge in [0.25, 0.3) is 0 Å². The second-order valence-corrected chi connectivity index (χ2v) is 4.82. The average molecular weight is 455 g/mol. The molecule has 112 valence electrons. The second kappa shape index (κ2) is 9.98. The summed E-state index contributed by atoms with van der Waals surface area (Å²) in [6.07, 6.45) is 0. The van der Waals surface area contributed by atoms with Gasteiger partial charge >= 0.3 is 0 Å². The van der Waals surface area contributed by atoms with Crippen LogP contribution in [0.15, 0.2) is 33.7 Å². The van der Waals surface area contributed by atoms with Gasteiger partial charge in [-0.15, -0.1) is 24.0 Å². The van der Waals surface area contributed by atoms with Crippen LogP contribution in [-0.4, -0.2) is 36.4 Å². The number of hydrogen-bond acceptors (Lipinski definition) is 2. The Kier molecular flexibility index (Phi) is 9.56. The van der Waals surface area contributed by atoms with Crippen LogP contribution in [0.25, 0.3) is 0 Å². The highest BCUT2D eigenvalue weighted by Gasteiger charge is 2.05. The summed E-state index contributed by atoms with van der Waals surface area (Å²) in [5.41, 5.74) is 6.53. The van der Waals surface area contributed by atoms with Crippen molar-refractivity contribution in [2.45, 2.75) is 13.8 Å². The van der Waals surface area contributed by atoms with Gasteiger partial charge in [0.05, 0.1) is 0 Å². The number of nitrogens with one attached hydrogen (secondary N) is 1. The maximum absolute atomic E-state index is 11.7. The van der Waals surface area contributed by atoms with Gasteiger partial charge in [-0.25, -0.2) is 4.99 Å². The van der Waals surface area contributed by atoms with E-state index in [1.165, 1.54) is 0 Å². The Hall–Kier alpha value is -0.830. The van der Waals surface area contributed by atoms with Crippen LogP contribution < -0.4 is 11.1 Å². The van der Waals surface area contributed by atoms with E-state index in [2.05, 4.69) is 26.2 Å². The van der Waals surface area contributed by atoms with E-state index in [0.29, 0.717) is 5.96 Å². The number of benzene rings is 1. The minimum atomic E-state index is -0.187. The number of aliphatic imine (C=N–C) groups is 1. The van der Waals surface area contributed by atoms with Crippen molar-refractivity contribution in [3.63, 3.8) is 0 Å². The van der Waals surface area contributed by atoms with Gasteiger partial charge in [-0.05, 0) is 32.0 Å². The largest absolute Gasteiger partial charge is 0.370 e. The molecule has 0 aliphatic heterocycles. The Labute approximate surface area is 145 Å². The molecule has 3 N–H and O–H groups in total. The molecule has 20 heavy (non-hydrogen) atoms. The first-order chi connectivity index (χ1) is 9.06. The molecule has 0 saturated carbocycles. The summed E-state index contributed by atoms with van der Waals surface area (Å²) in [5, 5.41) is 2.76. The first-order valence-electron chi connectivity index (χ1n) is 6.17. The Morgan fingerprint density at radius 1 is 1.40 bits per heavy atom. The lowest BCUT2D eigenvalue weighted by Gasteiger charge is -2.19. The van der Waals surface area contributed by atoms with E-state index in [-0.39, 0.29) is 36.4 Å². The number of nitrogens with two attached hydrogens (primary N) is 1. The summed E-state index contributed by atoms with van der Waals surface area (Å²) in [5.74, 6) is 0.211. The maximum Gasteiger partial charge on any atom is 0.246 e. The molecule has 0 fully saturated rings. The number of amides is 1. The van der Waals surface area contributed by atoms with E-state index in [4.69, 9.17) is 5.73 Å². The molecule has 5 nitrogen and oxygen atoms in total. The topological polar surface area (TPSA) is 70.7 Å². The Balaban J connectivity index is 0.00000361. The van der Waals surface area contributed by atoms with Crippen molar-refractivity contribution in [3.05, 3.63) is 28.7 Å². The first kappa shape index (κ1) is 19.2. The van der Waals surface area contributed by atoms with Gasteiger partial charge in [0.2, 0.25) is 5.91 Å². The lowest BCUT2D eigenvalue weighted by Crippen LogP contribution is -2.37. The third kappa shape index (κ3) is 6.56. The lowest BCUT2D eigenvalue weighted by molar-refractivity contribution is -0.114. The second-order valence-electron chi connectivity index (χ2n) is 3.91. The van der Waals surface area contributed by atoms with Gasteiger partial charge in [0.15, 0.2) is 5.96 Å². The minimum Gasteiger partial charge on any atom is -0.370 e. The smallest absolute Gasteiger partial charge is 0.246 e. The summed E-state index contributed by atoms with van der Waals surface area (Å²) >= 11 is 3.35. The quantitative estimate of drug-likeness (QED) is 0.408. The highest BCUT2D eigenvalue weighted by Crippen LogP contribution is 2.15. The average Bonchev–Trinajstić information content (AvgIpc) is 2.38. The standard InChI is InChI=1S/C13H19BrN4O.HI/c1-3-18(4-2)13(15)16-9-12(19)17-11-7-5-6-10(14)8-11;/h5-8H,3-4,9H2,1-2H3,(H2,15,16)(H,17,19);1H. The van der Waals surface area contributed by atoms with Crippen molar-refractivity contribution in [2.75, 3.05) is 25.0 Å². The molecule has 0 aliphatic rings. The molecule has 0 heterocycles. The Morgan fingerprint density at radius 3 is 2.60 bits per heavy atom. The van der Waals surface area contributed by atoms with Crippen LogP contribution in [-0.2, 0) is 4.79 Å². The number of carbonyl (C=O) groups is 1. The summed E-state index contributed by atoms with van der Waals surface area (Å²) in [6, 6.07) is 7.40. The number of anilines is 1. The molecule has 7 heteroatoms. The summed E-state index contributed by atoms with van der Waals surface area (Å²) in [6.45, 7) is 5.56. The number of carbonyl (C=O) groups excluding carboxylic acids is 1. The highest BCUT2D eigenvalue weighted by atomic mass is 127. The summed E-state index contributed by atoms with van der Waals surface area (Å²) < 4.78 is 0.913. The van der Waals surface area contributed by atoms with Crippen LogP contribution in [0.5, 0.6) is 0 Å². The van der Waals surface area contributed by atoms with E-state index in [0.717, 1.165) is 23.2 Å². The van der Waals surface area contributed by atoms with Crippen molar-refractivity contribution in [2.24, 2.45) is 10.7 Å². The van der Waals surface area contributed by atoms with Crippen molar-refractivity contribution in [3.8, 4) is 0 Å². The van der Waals surface area contributed by atoms with Crippen LogP contribution in [0.4, 0.5) is 5.69 Å². The molecule has 0 bridgehead atoms. The minimum absolute atomic E-state index is 0. The van der Waals surface area contributed by atoms with Crippen LogP contribution >= 0.6 is 39.9 Å². The molecule has 0 unspecified atom stereocenters. The number of hydrogen-bond donors (Lipinski definition) is 2. The van der Waals surface area contributed by atoms with Gasteiger partial charge < -0.3 is 16.0 Å². The van der Waals surface area contributed by atoms with E-state index >= 15 is 0 Å². The third-order valence-corrected chi connectivity index (χ3v) is 3.07. The Morgan fingerprint density at radius 2 is 2.05 bits per heavy atom. The fourth-order valence-corrected chi connectivity index (χ4v) is 1.97. The zero-order valence-corrected chi connectivity index (χ0v) is 15.5. The molecule has 0 radical (unpaired) electrons. The van der Waals surface area contributed by atoms with E-state index in [1.807, 2.05) is 43.0 Å². The summed E-state index contributed by atoms with van der Waals surface area (Å²) in [7, 11) is 0. The molecule has 1 amide bonds. The predicted molar refractivity (Wildman–Crippen MR) is 97.6 cm³/mol. The van der Waals surface area contributed by atoms with Gasteiger partial charge in [-0.3, -0.25) is 4.79 Å². The first-order valence-corrected chi connectivity index (χ1v) is 6.96. The van der Waals surface area contributed by atoms with Crippen molar-refractivity contribution < 1.29 is 4.79 Å². The zero-order valence-electron chi connectivity index (χ0n) is 11.6. The molecule has 1 aromatic carbocycles. The van der Waals surface area contributed by atoms with Gasteiger partial charge in [0.1, 0.15) is 6.54 Å². The van der Waals surface area contributed by atoms with E-state index in [1.54, 1.807) is 0 Å². The van der Waals surface area contributed by atoms with Gasteiger partial charge in [-0.1, -0.05) is 22.0 Å². The van der Waals surface area contributed by atoms with Crippen molar-refractivity contribution in [1.82, 2.24) is 4.90 Å². The predicted octanol–water partition coefficient (Wildman–Crippen LogP) is 2.66. The monoisotopic (exact) mass is 454 g/mol. The Bertz CT molecular complexity index is 463. The molecule has 0 atom stereocenters. The number of halogens is 2. The van der Waals surface area contributed by atoms with Gasteiger partial charge in [-0.2, -0.15) is 0 Å². The van der Waals surface area contributed by atoms with Crippen molar-refractivity contribution >= 4 is 57.5 Å². The SMILES string of the molecule is CCN(CC)C(N)=NCC(=O)Nc1cccc(Br)c1.I. The lowest BCUT2D eigenvalue weighted by atomic mass is 10.3. The molecule has 1 rings (SSSR count). The highest BCUT2D eigenvalue weighted by molar-refractivity contribution is 14.0. The van der Waals surface area contributed by atoms with Crippen molar-refractivity contribution in [1.29, 1.82) is 0 Å². The third-order valence-electron chi connectivity index (χ3n) is 2.58. The fraction of sp³-hybridized carbons (Fsp3) is 0.385. The normalized spacial score (nSPS) is 10.7. The molecular formula is C13H20BrIN4O. The number of rotatable bonds is 5. The van der Waals surface area contributed by atoms with Gasteiger partial charge in [0, 0.05) is 23.2 Å². The molecule has 0 saturated heterocycles. The molecule has 0 aromatic heterocycles. The number of nitrogens with zero attached hydrogens (tertiary/aromatic N) is 2. The fourth-order valence-electron chi connectivity index (χ4n) is 1.57. The maximum atomic E-state index is 11.7. The van der Waals surface area contributed by atoms with Crippen LogP contribution in [0.3, 0.4) is 0 Å². The zero-order chi connectivity index (χ0) is 14.3. The molecular weight excluding hydrogens is 435 g/mol. The number of guanidine groups is 1. The molecule has 0 aliphatic carbocycles. The van der Waals surface area contributed by atoms with Crippen LogP contribution in [0, 0.1) is 0 Å².